The Hall–Kier alpha value is -1.57. The second-order valence-corrected chi connectivity index (χ2v) is 6.49. The van der Waals surface area contributed by atoms with Crippen LogP contribution in [-0.2, 0) is 4.79 Å². The molecule has 0 unspecified atom stereocenters. The number of hydrogen-bond acceptors (Lipinski definition) is 7. The Bertz CT molecular complexity index is 484. The van der Waals surface area contributed by atoms with E-state index >= 15 is 0 Å². The van der Waals surface area contributed by atoms with Crippen LogP contribution in [0.25, 0.3) is 0 Å². The minimum absolute atomic E-state index is 0.149. The van der Waals surface area contributed by atoms with Crippen LogP contribution in [0.5, 0.6) is 0 Å². The van der Waals surface area contributed by atoms with E-state index in [2.05, 4.69) is 20.3 Å². The van der Waals surface area contributed by atoms with Gasteiger partial charge >= 0.3 is 0 Å². The third-order valence-corrected chi connectivity index (χ3v) is 3.35. The normalized spacial score (nSPS) is 11.3. The summed E-state index contributed by atoms with van der Waals surface area (Å²) in [7, 11) is 0. The summed E-state index contributed by atoms with van der Waals surface area (Å²) in [5.41, 5.74) is 5.01. The molecule has 0 fully saturated rings. The number of carbonyl (C=O) groups is 1. The van der Waals surface area contributed by atoms with Crippen LogP contribution < -0.4 is 16.0 Å². The van der Waals surface area contributed by atoms with E-state index < -0.39 is 5.91 Å². The molecule has 1 amide bonds. The predicted octanol–water partition coefficient (Wildman–Crippen LogP) is 1.51. The fourth-order valence-electron chi connectivity index (χ4n) is 1.59. The van der Waals surface area contributed by atoms with Crippen molar-refractivity contribution in [1.29, 1.82) is 0 Å². The Morgan fingerprint density at radius 2 is 1.86 bits per heavy atom. The van der Waals surface area contributed by atoms with Gasteiger partial charge in [-0.05, 0) is 34.6 Å². The summed E-state index contributed by atoms with van der Waals surface area (Å²) < 4.78 is 0. The number of rotatable bonds is 7. The summed E-state index contributed by atoms with van der Waals surface area (Å²) in [6.45, 7) is 11.8. The van der Waals surface area contributed by atoms with Gasteiger partial charge in [-0.2, -0.15) is 15.0 Å². The Morgan fingerprint density at radius 1 is 1.24 bits per heavy atom. The number of hydrogen-bond donors (Lipinski definition) is 2. The molecular weight excluding hydrogens is 288 g/mol. The van der Waals surface area contributed by atoms with Gasteiger partial charge in [0.25, 0.3) is 0 Å². The van der Waals surface area contributed by atoms with Crippen LogP contribution in [0.3, 0.4) is 0 Å². The van der Waals surface area contributed by atoms with Gasteiger partial charge in [-0.1, -0.05) is 11.8 Å². The molecule has 1 aromatic heterocycles. The maximum atomic E-state index is 10.9. The van der Waals surface area contributed by atoms with Crippen LogP contribution >= 0.6 is 11.8 Å². The molecule has 0 bridgehead atoms. The second kappa shape index (κ2) is 7.44. The van der Waals surface area contributed by atoms with Crippen LogP contribution in [0.15, 0.2) is 5.16 Å². The quantitative estimate of drug-likeness (QED) is 0.736. The van der Waals surface area contributed by atoms with Gasteiger partial charge in [-0.25, -0.2) is 0 Å². The number of primary amides is 1. The van der Waals surface area contributed by atoms with E-state index in [1.165, 1.54) is 11.8 Å². The fourth-order valence-corrected chi connectivity index (χ4v) is 2.15. The van der Waals surface area contributed by atoms with E-state index in [9.17, 15) is 4.79 Å². The van der Waals surface area contributed by atoms with Crippen molar-refractivity contribution in [3.63, 3.8) is 0 Å². The van der Waals surface area contributed by atoms with Crippen molar-refractivity contribution < 1.29 is 4.79 Å². The van der Waals surface area contributed by atoms with E-state index in [4.69, 9.17) is 5.73 Å². The van der Waals surface area contributed by atoms with Crippen molar-refractivity contribution in [2.24, 2.45) is 5.73 Å². The molecule has 8 heteroatoms. The molecule has 0 radical (unpaired) electrons. The first-order valence-corrected chi connectivity index (χ1v) is 7.94. The topological polar surface area (TPSA) is 97.0 Å². The number of nitrogens with zero attached hydrogens (tertiary/aromatic N) is 4. The van der Waals surface area contributed by atoms with Crippen LogP contribution in [0.4, 0.5) is 11.9 Å². The number of thioether (sulfide) groups is 1. The van der Waals surface area contributed by atoms with E-state index in [1.54, 1.807) is 0 Å². The van der Waals surface area contributed by atoms with E-state index in [0.717, 1.165) is 13.1 Å². The molecular formula is C13H24N6OS. The lowest BCUT2D eigenvalue weighted by Crippen LogP contribution is -2.29. The van der Waals surface area contributed by atoms with Gasteiger partial charge in [0.2, 0.25) is 17.8 Å². The Balaban J connectivity index is 3.09. The molecule has 0 aliphatic rings. The highest BCUT2D eigenvalue weighted by Gasteiger charge is 2.16. The van der Waals surface area contributed by atoms with Gasteiger partial charge in [-0.15, -0.1) is 0 Å². The Labute approximate surface area is 130 Å². The van der Waals surface area contributed by atoms with Gasteiger partial charge in [0.05, 0.1) is 5.75 Å². The standard InChI is InChI=1S/C13H24N6OS/c1-6-19(7-2)11-15-10(18-13(3,4)5)16-12(17-11)21-8-9(14)20/h6-8H2,1-5H3,(H2,14,20)(H,15,16,17,18). The smallest absolute Gasteiger partial charge is 0.231 e. The largest absolute Gasteiger partial charge is 0.369 e. The third-order valence-electron chi connectivity index (χ3n) is 2.48. The number of amides is 1. The molecule has 0 atom stereocenters. The molecule has 0 saturated carbocycles. The summed E-state index contributed by atoms with van der Waals surface area (Å²) >= 11 is 1.22. The zero-order valence-electron chi connectivity index (χ0n) is 13.3. The van der Waals surface area contributed by atoms with Crippen LogP contribution in [0.2, 0.25) is 0 Å². The molecule has 1 aromatic rings. The summed E-state index contributed by atoms with van der Waals surface area (Å²) in [5, 5.41) is 3.73. The average molecular weight is 312 g/mol. The van der Waals surface area contributed by atoms with Gasteiger partial charge in [0.15, 0.2) is 5.16 Å². The second-order valence-electron chi connectivity index (χ2n) is 5.54. The van der Waals surface area contributed by atoms with Crippen molar-refractivity contribution in [2.75, 3.05) is 29.1 Å². The van der Waals surface area contributed by atoms with Crippen LogP contribution in [-0.4, -0.2) is 45.2 Å². The molecule has 21 heavy (non-hydrogen) atoms. The predicted molar refractivity (Wildman–Crippen MR) is 86.7 cm³/mol. The zero-order chi connectivity index (χ0) is 16.0. The van der Waals surface area contributed by atoms with Crippen molar-refractivity contribution in [2.45, 2.75) is 45.3 Å². The van der Waals surface area contributed by atoms with E-state index in [1.807, 2.05) is 39.5 Å². The molecule has 1 heterocycles. The first-order chi connectivity index (χ1) is 9.75. The highest BCUT2D eigenvalue weighted by atomic mass is 32.2. The molecule has 7 nitrogen and oxygen atoms in total. The fraction of sp³-hybridized carbons (Fsp3) is 0.692. The summed E-state index contributed by atoms with van der Waals surface area (Å²) in [4.78, 5) is 26.1. The first kappa shape index (κ1) is 17.5. The average Bonchev–Trinajstić information content (AvgIpc) is 2.35. The molecule has 0 aromatic carbocycles. The van der Waals surface area contributed by atoms with Gasteiger partial charge in [0, 0.05) is 18.6 Å². The van der Waals surface area contributed by atoms with Crippen molar-refractivity contribution >= 4 is 29.6 Å². The maximum Gasteiger partial charge on any atom is 0.231 e. The number of nitrogens with two attached hydrogens (primary N) is 1. The van der Waals surface area contributed by atoms with Crippen molar-refractivity contribution in [3.8, 4) is 0 Å². The summed E-state index contributed by atoms with van der Waals surface area (Å²) in [5.74, 6) is 0.867. The lowest BCUT2D eigenvalue weighted by atomic mass is 10.1. The van der Waals surface area contributed by atoms with Crippen LogP contribution in [0.1, 0.15) is 34.6 Å². The SMILES string of the molecule is CCN(CC)c1nc(NC(C)(C)C)nc(SCC(N)=O)n1. The van der Waals surface area contributed by atoms with Gasteiger partial charge < -0.3 is 16.0 Å². The zero-order valence-corrected chi connectivity index (χ0v) is 14.1. The molecule has 1 rings (SSSR count). The number of anilines is 2. The van der Waals surface area contributed by atoms with E-state index in [0.29, 0.717) is 17.1 Å². The lowest BCUT2D eigenvalue weighted by molar-refractivity contribution is -0.115. The number of nitrogens with one attached hydrogen (secondary N) is 1. The summed E-state index contributed by atoms with van der Waals surface area (Å²) in [6, 6.07) is 0. The molecule has 0 aliphatic carbocycles. The highest BCUT2D eigenvalue weighted by molar-refractivity contribution is 7.99. The lowest BCUT2D eigenvalue weighted by Gasteiger charge is -2.23. The molecule has 3 N–H and O–H groups in total. The minimum Gasteiger partial charge on any atom is -0.369 e. The molecule has 118 valence electrons. The van der Waals surface area contributed by atoms with E-state index in [-0.39, 0.29) is 11.3 Å². The Morgan fingerprint density at radius 3 is 2.33 bits per heavy atom. The highest BCUT2D eigenvalue weighted by Crippen LogP contribution is 2.20. The minimum atomic E-state index is -0.393. The third kappa shape index (κ3) is 6.16. The van der Waals surface area contributed by atoms with Crippen LogP contribution in [0, 0.1) is 0 Å². The Kier molecular flexibility index (Phi) is 6.19. The monoisotopic (exact) mass is 312 g/mol. The van der Waals surface area contributed by atoms with Crippen molar-refractivity contribution in [1.82, 2.24) is 15.0 Å². The maximum absolute atomic E-state index is 10.9. The van der Waals surface area contributed by atoms with Crippen molar-refractivity contribution in [3.05, 3.63) is 0 Å². The molecule has 0 aliphatic heterocycles. The number of carbonyl (C=O) groups excluding carboxylic acids is 1. The molecule has 0 spiro atoms. The first-order valence-electron chi connectivity index (χ1n) is 6.95. The van der Waals surface area contributed by atoms with Gasteiger partial charge in [0.1, 0.15) is 0 Å². The number of aromatic nitrogens is 3. The summed E-state index contributed by atoms with van der Waals surface area (Å²) in [6.07, 6.45) is 0. The van der Waals surface area contributed by atoms with Gasteiger partial charge in [-0.3, -0.25) is 4.79 Å². The molecule has 0 saturated heterocycles.